The molecular formula is C17H25ClO2. The molecule has 0 aliphatic rings. The van der Waals surface area contributed by atoms with Crippen LogP contribution in [0.5, 0.6) is 0 Å². The number of carbonyl (C=O) groups is 1. The fourth-order valence-electron chi connectivity index (χ4n) is 2.19. The van der Waals surface area contributed by atoms with Crippen molar-refractivity contribution in [3.63, 3.8) is 0 Å². The zero-order chi connectivity index (χ0) is 14.6. The highest BCUT2D eigenvalue weighted by molar-refractivity contribution is 6.30. The van der Waals surface area contributed by atoms with Crippen molar-refractivity contribution in [3.05, 3.63) is 34.9 Å². The third-order valence-electron chi connectivity index (χ3n) is 3.31. The molecule has 1 rings (SSSR count). The van der Waals surface area contributed by atoms with Crippen LogP contribution in [0.15, 0.2) is 24.3 Å². The Balaban J connectivity index is 1.92. The first-order valence-electron chi connectivity index (χ1n) is 7.62. The number of carbonyl (C=O) groups excluding carboxylic acids is 1. The fraction of sp³-hybridized carbons (Fsp3) is 0.588. The SMILES string of the molecule is CCOC(=O)CCCCCCCCc1ccc(Cl)cc1. The molecule has 20 heavy (non-hydrogen) atoms. The molecule has 0 spiro atoms. The minimum atomic E-state index is -0.0600. The summed E-state index contributed by atoms with van der Waals surface area (Å²) >= 11 is 5.85. The van der Waals surface area contributed by atoms with Gasteiger partial charge in [0.15, 0.2) is 0 Å². The zero-order valence-electron chi connectivity index (χ0n) is 12.4. The largest absolute Gasteiger partial charge is 0.466 e. The smallest absolute Gasteiger partial charge is 0.305 e. The molecule has 0 N–H and O–H groups in total. The van der Waals surface area contributed by atoms with Crippen molar-refractivity contribution in [3.8, 4) is 0 Å². The predicted molar refractivity (Wildman–Crippen MR) is 84.1 cm³/mol. The summed E-state index contributed by atoms with van der Waals surface area (Å²) in [6.07, 6.45) is 8.70. The van der Waals surface area contributed by atoms with Gasteiger partial charge >= 0.3 is 5.97 Å². The molecule has 0 heterocycles. The van der Waals surface area contributed by atoms with Crippen molar-refractivity contribution in [2.24, 2.45) is 0 Å². The normalized spacial score (nSPS) is 10.5. The molecular weight excluding hydrogens is 272 g/mol. The van der Waals surface area contributed by atoms with Gasteiger partial charge in [-0.2, -0.15) is 0 Å². The average molecular weight is 297 g/mol. The molecule has 2 nitrogen and oxygen atoms in total. The Morgan fingerprint density at radius 3 is 2.25 bits per heavy atom. The number of unbranched alkanes of at least 4 members (excludes halogenated alkanes) is 5. The topological polar surface area (TPSA) is 26.3 Å². The summed E-state index contributed by atoms with van der Waals surface area (Å²) in [7, 11) is 0. The lowest BCUT2D eigenvalue weighted by Gasteiger charge is -2.03. The van der Waals surface area contributed by atoms with E-state index in [0.29, 0.717) is 13.0 Å². The number of rotatable bonds is 10. The Hall–Kier alpha value is -1.02. The highest BCUT2D eigenvalue weighted by Gasteiger charge is 2.00. The van der Waals surface area contributed by atoms with Gasteiger partial charge in [0.2, 0.25) is 0 Å². The summed E-state index contributed by atoms with van der Waals surface area (Å²) in [4.78, 5) is 11.1. The van der Waals surface area contributed by atoms with Gasteiger partial charge in [-0.05, 0) is 43.9 Å². The van der Waals surface area contributed by atoms with Gasteiger partial charge < -0.3 is 4.74 Å². The summed E-state index contributed by atoms with van der Waals surface area (Å²) < 4.78 is 4.90. The highest BCUT2D eigenvalue weighted by Crippen LogP contribution is 2.13. The highest BCUT2D eigenvalue weighted by atomic mass is 35.5. The van der Waals surface area contributed by atoms with E-state index in [-0.39, 0.29) is 5.97 Å². The lowest BCUT2D eigenvalue weighted by Crippen LogP contribution is -2.03. The van der Waals surface area contributed by atoms with E-state index in [1.54, 1.807) is 0 Å². The van der Waals surface area contributed by atoms with Gasteiger partial charge in [-0.25, -0.2) is 0 Å². The van der Waals surface area contributed by atoms with E-state index in [9.17, 15) is 4.79 Å². The number of esters is 1. The number of hydrogen-bond acceptors (Lipinski definition) is 2. The van der Waals surface area contributed by atoms with Crippen molar-refractivity contribution in [1.82, 2.24) is 0 Å². The van der Waals surface area contributed by atoms with E-state index in [2.05, 4.69) is 12.1 Å². The van der Waals surface area contributed by atoms with E-state index in [4.69, 9.17) is 16.3 Å². The van der Waals surface area contributed by atoms with Gasteiger partial charge in [0.1, 0.15) is 0 Å². The molecule has 0 saturated heterocycles. The minimum Gasteiger partial charge on any atom is -0.466 e. The number of halogens is 1. The van der Waals surface area contributed by atoms with E-state index in [0.717, 1.165) is 24.3 Å². The van der Waals surface area contributed by atoms with Crippen molar-refractivity contribution in [2.45, 2.75) is 58.3 Å². The van der Waals surface area contributed by atoms with Gasteiger partial charge in [-0.15, -0.1) is 0 Å². The van der Waals surface area contributed by atoms with Crippen molar-refractivity contribution in [1.29, 1.82) is 0 Å². The van der Waals surface area contributed by atoms with Crippen LogP contribution >= 0.6 is 11.6 Å². The fourth-order valence-corrected chi connectivity index (χ4v) is 2.32. The zero-order valence-corrected chi connectivity index (χ0v) is 13.1. The molecule has 0 amide bonds. The summed E-state index contributed by atoms with van der Waals surface area (Å²) in [5, 5.41) is 0.801. The van der Waals surface area contributed by atoms with Crippen LogP contribution in [0.3, 0.4) is 0 Å². The molecule has 0 aromatic heterocycles. The van der Waals surface area contributed by atoms with Crippen LogP contribution < -0.4 is 0 Å². The van der Waals surface area contributed by atoms with E-state index in [1.165, 1.54) is 31.2 Å². The van der Waals surface area contributed by atoms with Crippen LogP contribution in [0.4, 0.5) is 0 Å². The monoisotopic (exact) mass is 296 g/mol. The lowest BCUT2D eigenvalue weighted by molar-refractivity contribution is -0.143. The minimum absolute atomic E-state index is 0.0600. The molecule has 0 atom stereocenters. The first kappa shape index (κ1) is 17.0. The molecule has 0 fully saturated rings. The standard InChI is InChI=1S/C17H25ClO2/c1-2-20-17(19)10-8-6-4-3-5-7-9-15-11-13-16(18)14-12-15/h11-14H,2-10H2,1H3. The van der Waals surface area contributed by atoms with Crippen LogP contribution in [-0.4, -0.2) is 12.6 Å². The van der Waals surface area contributed by atoms with Crippen LogP contribution in [0.2, 0.25) is 5.02 Å². The Morgan fingerprint density at radius 2 is 1.60 bits per heavy atom. The number of hydrogen-bond donors (Lipinski definition) is 0. The molecule has 112 valence electrons. The Kier molecular flexibility index (Phi) is 9.14. The number of ether oxygens (including phenoxy) is 1. The molecule has 0 saturated carbocycles. The molecule has 0 aliphatic heterocycles. The molecule has 0 bridgehead atoms. The molecule has 0 radical (unpaired) electrons. The lowest BCUT2D eigenvalue weighted by atomic mass is 10.0. The van der Waals surface area contributed by atoms with E-state index in [1.807, 2.05) is 19.1 Å². The maximum atomic E-state index is 11.1. The Labute approximate surface area is 127 Å². The van der Waals surface area contributed by atoms with Gasteiger partial charge in [0.25, 0.3) is 0 Å². The van der Waals surface area contributed by atoms with Crippen LogP contribution in [0.25, 0.3) is 0 Å². The van der Waals surface area contributed by atoms with Crippen LogP contribution in [0, 0.1) is 0 Å². The second-order valence-corrected chi connectivity index (χ2v) is 5.49. The molecule has 0 unspecified atom stereocenters. The molecule has 1 aromatic rings. The summed E-state index contributed by atoms with van der Waals surface area (Å²) in [5.41, 5.74) is 1.36. The Bertz CT molecular complexity index is 373. The van der Waals surface area contributed by atoms with E-state index < -0.39 is 0 Å². The average Bonchev–Trinajstić information content (AvgIpc) is 2.44. The van der Waals surface area contributed by atoms with Gasteiger partial charge in [0, 0.05) is 11.4 Å². The maximum absolute atomic E-state index is 11.1. The van der Waals surface area contributed by atoms with E-state index >= 15 is 0 Å². The second kappa shape index (κ2) is 10.7. The first-order valence-corrected chi connectivity index (χ1v) is 8.00. The number of aryl methyl sites for hydroxylation is 1. The Morgan fingerprint density at radius 1 is 1.00 bits per heavy atom. The van der Waals surface area contributed by atoms with Gasteiger partial charge in [0.05, 0.1) is 6.61 Å². The van der Waals surface area contributed by atoms with Gasteiger partial charge in [-0.3, -0.25) is 4.79 Å². The molecule has 0 aliphatic carbocycles. The van der Waals surface area contributed by atoms with Crippen molar-refractivity contribution >= 4 is 17.6 Å². The maximum Gasteiger partial charge on any atom is 0.305 e. The summed E-state index contributed by atoms with van der Waals surface area (Å²) in [6, 6.07) is 8.10. The molecule has 3 heteroatoms. The van der Waals surface area contributed by atoms with Gasteiger partial charge in [-0.1, -0.05) is 49.4 Å². The van der Waals surface area contributed by atoms with Crippen molar-refractivity contribution < 1.29 is 9.53 Å². The molecule has 1 aromatic carbocycles. The first-order chi connectivity index (χ1) is 9.72. The summed E-state index contributed by atoms with van der Waals surface area (Å²) in [5.74, 6) is -0.0600. The third kappa shape index (κ3) is 8.21. The predicted octanol–water partition coefficient (Wildman–Crippen LogP) is 5.18. The number of benzene rings is 1. The van der Waals surface area contributed by atoms with Crippen molar-refractivity contribution in [2.75, 3.05) is 6.61 Å². The second-order valence-electron chi connectivity index (χ2n) is 5.05. The summed E-state index contributed by atoms with van der Waals surface area (Å²) in [6.45, 7) is 2.34. The third-order valence-corrected chi connectivity index (χ3v) is 3.57. The quantitative estimate of drug-likeness (QED) is 0.439. The van der Waals surface area contributed by atoms with Crippen LogP contribution in [0.1, 0.15) is 57.4 Å². The van der Waals surface area contributed by atoms with Crippen LogP contribution in [-0.2, 0) is 16.0 Å².